The van der Waals surface area contributed by atoms with Crippen LogP contribution in [0.1, 0.15) is 13.8 Å². The summed E-state index contributed by atoms with van der Waals surface area (Å²) in [6, 6.07) is 0. The second kappa shape index (κ2) is 5.70. The van der Waals surface area contributed by atoms with E-state index in [-0.39, 0.29) is 19.0 Å². The molecular weight excluding hydrogens is 216 g/mol. The van der Waals surface area contributed by atoms with Gasteiger partial charge in [-0.05, 0) is 13.8 Å². The maximum absolute atomic E-state index is 10.8. The van der Waals surface area contributed by atoms with Crippen molar-refractivity contribution in [3.63, 3.8) is 0 Å². The molecular formula is C10H18O6. The summed E-state index contributed by atoms with van der Waals surface area (Å²) in [6.45, 7) is 2.52. The molecule has 5 unspecified atom stereocenters. The SMILES string of the molecule is CC(=O)COC1C(C)OC(CO)C(O)C1O. The first-order valence-corrected chi connectivity index (χ1v) is 5.21. The monoisotopic (exact) mass is 234 g/mol. The van der Waals surface area contributed by atoms with Gasteiger partial charge in [-0.1, -0.05) is 0 Å². The molecule has 3 N–H and O–H groups in total. The number of hydrogen-bond acceptors (Lipinski definition) is 6. The van der Waals surface area contributed by atoms with Crippen molar-refractivity contribution in [1.29, 1.82) is 0 Å². The van der Waals surface area contributed by atoms with Crippen LogP contribution in [0.25, 0.3) is 0 Å². The molecule has 1 heterocycles. The van der Waals surface area contributed by atoms with Gasteiger partial charge in [-0.15, -0.1) is 0 Å². The zero-order valence-electron chi connectivity index (χ0n) is 9.37. The Kier molecular flexibility index (Phi) is 4.82. The average Bonchev–Trinajstić information content (AvgIpc) is 2.22. The Labute approximate surface area is 93.8 Å². The third-order valence-corrected chi connectivity index (χ3v) is 2.58. The van der Waals surface area contributed by atoms with Crippen molar-refractivity contribution < 1.29 is 29.6 Å². The first-order chi connectivity index (χ1) is 7.47. The summed E-state index contributed by atoms with van der Waals surface area (Å²) in [5.74, 6) is -0.168. The number of carbonyl (C=O) groups is 1. The molecule has 0 aromatic rings. The normalized spacial score (nSPS) is 39.7. The Balaban J connectivity index is 2.60. The summed E-state index contributed by atoms with van der Waals surface area (Å²) in [6.07, 6.45) is -4.45. The molecule has 0 aromatic heterocycles. The fourth-order valence-electron chi connectivity index (χ4n) is 1.72. The number of aliphatic hydroxyl groups excluding tert-OH is 3. The Bertz CT molecular complexity index is 243. The van der Waals surface area contributed by atoms with Crippen molar-refractivity contribution in [2.45, 2.75) is 44.4 Å². The van der Waals surface area contributed by atoms with Gasteiger partial charge in [-0.3, -0.25) is 4.79 Å². The smallest absolute Gasteiger partial charge is 0.155 e. The van der Waals surface area contributed by atoms with Gasteiger partial charge in [0.1, 0.15) is 31.0 Å². The highest BCUT2D eigenvalue weighted by atomic mass is 16.6. The van der Waals surface area contributed by atoms with Crippen molar-refractivity contribution in [1.82, 2.24) is 0 Å². The summed E-state index contributed by atoms with van der Waals surface area (Å²) in [5, 5.41) is 28.2. The van der Waals surface area contributed by atoms with Crippen LogP contribution in [-0.4, -0.2) is 64.8 Å². The highest BCUT2D eigenvalue weighted by molar-refractivity contribution is 5.76. The van der Waals surface area contributed by atoms with Crippen LogP contribution in [0.2, 0.25) is 0 Å². The van der Waals surface area contributed by atoms with Gasteiger partial charge in [-0.2, -0.15) is 0 Å². The number of rotatable bonds is 4. The third kappa shape index (κ3) is 2.99. The van der Waals surface area contributed by atoms with Crippen molar-refractivity contribution in [3.05, 3.63) is 0 Å². The predicted molar refractivity (Wildman–Crippen MR) is 53.9 cm³/mol. The zero-order chi connectivity index (χ0) is 12.3. The van der Waals surface area contributed by atoms with E-state index in [9.17, 15) is 15.0 Å². The summed E-state index contributed by atoms with van der Waals surface area (Å²) >= 11 is 0. The van der Waals surface area contributed by atoms with E-state index in [0.29, 0.717) is 0 Å². The molecule has 94 valence electrons. The summed E-state index contributed by atoms with van der Waals surface area (Å²) < 4.78 is 10.4. The summed E-state index contributed by atoms with van der Waals surface area (Å²) in [7, 11) is 0. The van der Waals surface area contributed by atoms with Crippen LogP contribution in [0, 0.1) is 0 Å². The molecule has 6 heteroatoms. The maximum atomic E-state index is 10.8. The lowest BCUT2D eigenvalue weighted by atomic mass is 9.96. The van der Waals surface area contributed by atoms with E-state index in [1.807, 2.05) is 0 Å². The van der Waals surface area contributed by atoms with Gasteiger partial charge in [0.2, 0.25) is 0 Å². The second-order valence-electron chi connectivity index (χ2n) is 4.02. The molecule has 0 saturated carbocycles. The minimum Gasteiger partial charge on any atom is -0.394 e. The second-order valence-corrected chi connectivity index (χ2v) is 4.02. The minimum atomic E-state index is -1.21. The molecule has 1 aliphatic heterocycles. The van der Waals surface area contributed by atoms with E-state index in [4.69, 9.17) is 14.6 Å². The van der Waals surface area contributed by atoms with E-state index >= 15 is 0 Å². The fraction of sp³-hybridized carbons (Fsp3) is 0.900. The molecule has 1 rings (SSSR count). The van der Waals surface area contributed by atoms with Crippen LogP contribution < -0.4 is 0 Å². The van der Waals surface area contributed by atoms with Crippen LogP contribution in [0.5, 0.6) is 0 Å². The maximum Gasteiger partial charge on any atom is 0.155 e. The van der Waals surface area contributed by atoms with Crippen LogP contribution in [0.4, 0.5) is 0 Å². The molecule has 6 nitrogen and oxygen atoms in total. The predicted octanol–water partition coefficient (Wildman–Crippen LogP) is -1.54. The first-order valence-electron chi connectivity index (χ1n) is 5.21. The molecule has 0 aliphatic carbocycles. The molecule has 1 fully saturated rings. The quantitative estimate of drug-likeness (QED) is 0.545. The lowest BCUT2D eigenvalue weighted by Gasteiger charge is -2.40. The van der Waals surface area contributed by atoms with E-state index < -0.39 is 30.5 Å². The molecule has 0 spiro atoms. The third-order valence-electron chi connectivity index (χ3n) is 2.58. The van der Waals surface area contributed by atoms with Crippen molar-refractivity contribution in [2.24, 2.45) is 0 Å². The van der Waals surface area contributed by atoms with Gasteiger partial charge in [0, 0.05) is 0 Å². The Morgan fingerprint density at radius 3 is 2.50 bits per heavy atom. The first kappa shape index (κ1) is 13.5. The molecule has 16 heavy (non-hydrogen) atoms. The van der Waals surface area contributed by atoms with Crippen LogP contribution in [-0.2, 0) is 14.3 Å². The molecule has 0 amide bonds. The molecule has 0 bridgehead atoms. The number of hydrogen-bond donors (Lipinski definition) is 3. The summed E-state index contributed by atoms with van der Waals surface area (Å²) in [5.41, 5.74) is 0. The molecule has 0 radical (unpaired) electrons. The van der Waals surface area contributed by atoms with E-state index in [1.54, 1.807) is 6.92 Å². The Morgan fingerprint density at radius 1 is 1.38 bits per heavy atom. The van der Waals surface area contributed by atoms with Gasteiger partial charge >= 0.3 is 0 Å². The van der Waals surface area contributed by atoms with Gasteiger partial charge in [0.05, 0.1) is 12.7 Å². The molecule has 0 aromatic carbocycles. The molecule has 5 atom stereocenters. The summed E-state index contributed by atoms with van der Waals surface area (Å²) in [4.78, 5) is 10.8. The average molecular weight is 234 g/mol. The van der Waals surface area contributed by atoms with Crippen LogP contribution >= 0.6 is 0 Å². The minimum absolute atomic E-state index is 0.133. The lowest BCUT2D eigenvalue weighted by Crippen LogP contribution is -2.58. The number of carbonyl (C=O) groups excluding carboxylic acids is 1. The van der Waals surface area contributed by atoms with Gasteiger partial charge < -0.3 is 24.8 Å². The highest BCUT2D eigenvalue weighted by Crippen LogP contribution is 2.23. The van der Waals surface area contributed by atoms with Crippen molar-refractivity contribution in [3.8, 4) is 0 Å². The largest absolute Gasteiger partial charge is 0.394 e. The highest BCUT2D eigenvalue weighted by Gasteiger charge is 2.42. The van der Waals surface area contributed by atoms with Gasteiger partial charge in [0.25, 0.3) is 0 Å². The topological polar surface area (TPSA) is 96.2 Å². The lowest BCUT2D eigenvalue weighted by molar-refractivity contribution is -0.235. The number of aliphatic hydroxyl groups is 3. The number of Topliss-reactive ketones (excluding diaryl/α,β-unsaturated/α-hetero) is 1. The van der Waals surface area contributed by atoms with Gasteiger partial charge in [0.15, 0.2) is 5.78 Å². The standard InChI is InChI=1S/C10H18O6/c1-5(12)4-15-10-6(2)16-7(3-11)8(13)9(10)14/h6-11,13-14H,3-4H2,1-2H3. The number of ether oxygens (including phenoxy) is 2. The van der Waals surface area contributed by atoms with Crippen LogP contribution in [0.3, 0.4) is 0 Å². The van der Waals surface area contributed by atoms with Gasteiger partial charge in [-0.25, -0.2) is 0 Å². The van der Waals surface area contributed by atoms with Crippen molar-refractivity contribution >= 4 is 5.78 Å². The molecule has 1 saturated heterocycles. The van der Waals surface area contributed by atoms with Crippen molar-refractivity contribution in [2.75, 3.05) is 13.2 Å². The number of ketones is 1. The van der Waals surface area contributed by atoms with Crippen LogP contribution in [0.15, 0.2) is 0 Å². The Morgan fingerprint density at radius 2 is 2.00 bits per heavy atom. The fourth-order valence-corrected chi connectivity index (χ4v) is 1.72. The van der Waals surface area contributed by atoms with E-state index in [0.717, 1.165) is 0 Å². The van der Waals surface area contributed by atoms with E-state index in [2.05, 4.69) is 0 Å². The van der Waals surface area contributed by atoms with E-state index in [1.165, 1.54) is 6.92 Å². The molecule has 1 aliphatic rings. The Hall–Kier alpha value is -0.530. The zero-order valence-corrected chi connectivity index (χ0v) is 9.37.